The number of hydrogen-bond acceptors (Lipinski definition) is 6. The third kappa shape index (κ3) is 5.09. The van der Waals surface area contributed by atoms with Crippen LogP contribution in [0.25, 0.3) is 0 Å². The standard InChI is InChI=1S/C12H21N5O2/c1-3-9-11(14-4-2)16-8-17-12(9)15-5-6-19-7-10(13)18/h8H,3-7H2,1-2H3,(H2,13,18)(H2,14,15,16,17). The van der Waals surface area contributed by atoms with Crippen LogP contribution in [-0.4, -0.2) is 42.2 Å². The summed E-state index contributed by atoms with van der Waals surface area (Å²) < 4.78 is 5.07. The second-order valence-electron chi connectivity index (χ2n) is 3.88. The molecule has 0 aliphatic heterocycles. The van der Waals surface area contributed by atoms with Gasteiger partial charge < -0.3 is 21.1 Å². The van der Waals surface area contributed by atoms with E-state index in [1.165, 1.54) is 6.33 Å². The lowest BCUT2D eigenvalue weighted by molar-refractivity contribution is -0.122. The molecule has 0 aliphatic carbocycles. The molecule has 7 nitrogen and oxygen atoms in total. The number of primary amides is 1. The van der Waals surface area contributed by atoms with Gasteiger partial charge in [-0.2, -0.15) is 0 Å². The Hall–Kier alpha value is -1.89. The number of carbonyl (C=O) groups is 1. The molecule has 0 bridgehead atoms. The molecule has 1 rings (SSSR count). The molecule has 0 aliphatic rings. The summed E-state index contributed by atoms with van der Waals surface area (Å²) in [5.41, 5.74) is 6.01. The third-order valence-electron chi connectivity index (χ3n) is 2.43. The summed E-state index contributed by atoms with van der Waals surface area (Å²) in [6.45, 7) is 5.77. The number of carbonyl (C=O) groups excluding carboxylic acids is 1. The maximum absolute atomic E-state index is 10.5. The van der Waals surface area contributed by atoms with Crippen LogP contribution in [0, 0.1) is 0 Å². The van der Waals surface area contributed by atoms with E-state index in [9.17, 15) is 4.79 Å². The molecule has 4 N–H and O–H groups in total. The Balaban J connectivity index is 2.52. The molecule has 1 heterocycles. The van der Waals surface area contributed by atoms with Crippen LogP contribution in [0.1, 0.15) is 19.4 Å². The number of anilines is 2. The zero-order valence-electron chi connectivity index (χ0n) is 11.4. The van der Waals surface area contributed by atoms with Crippen molar-refractivity contribution in [3.05, 3.63) is 11.9 Å². The maximum Gasteiger partial charge on any atom is 0.243 e. The van der Waals surface area contributed by atoms with Gasteiger partial charge in [-0.05, 0) is 13.3 Å². The van der Waals surface area contributed by atoms with E-state index < -0.39 is 5.91 Å². The first kappa shape index (κ1) is 15.2. The quantitative estimate of drug-likeness (QED) is 0.559. The fourth-order valence-corrected chi connectivity index (χ4v) is 1.63. The van der Waals surface area contributed by atoms with Crippen molar-refractivity contribution in [2.45, 2.75) is 20.3 Å². The molecule has 7 heteroatoms. The van der Waals surface area contributed by atoms with Gasteiger partial charge in [0.15, 0.2) is 0 Å². The number of nitrogens with one attached hydrogen (secondary N) is 2. The van der Waals surface area contributed by atoms with Gasteiger partial charge in [-0.25, -0.2) is 9.97 Å². The van der Waals surface area contributed by atoms with Crippen LogP contribution in [0.5, 0.6) is 0 Å². The number of nitrogens with two attached hydrogens (primary N) is 1. The molecule has 106 valence electrons. The van der Waals surface area contributed by atoms with Gasteiger partial charge in [0.25, 0.3) is 0 Å². The largest absolute Gasteiger partial charge is 0.370 e. The summed E-state index contributed by atoms with van der Waals surface area (Å²) >= 11 is 0. The van der Waals surface area contributed by atoms with Crippen molar-refractivity contribution in [1.29, 1.82) is 0 Å². The summed E-state index contributed by atoms with van der Waals surface area (Å²) in [5.74, 6) is 1.17. The van der Waals surface area contributed by atoms with Gasteiger partial charge in [0.2, 0.25) is 5.91 Å². The topological polar surface area (TPSA) is 102 Å². The Morgan fingerprint density at radius 2 is 2.00 bits per heavy atom. The molecule has 0 radical (unpaired) electrons. The molecular formula is C12H21N5O2. The number of nitrogens with zero attached hydrogens (tertiary/aromatic N) is 2. The van der Waals surface area contributed by atoms with Gasteiger partial charge in [0.1, 0.15) is 24.6 Å². The van der Waals surface area contributed by atoms with Gasteiger partial charge in [0, 0.05) is 18.7 Å². The van der Waals surface area contributed by atoms with Crippen molar-refractivity contribution < 1.29 is 9.53 Å². The van der Waals surface area contributed by atoms with Gasteiger partial charge in [-0.15, -0.1) is 0 Å². The summed E-state index contributed by atoms with van der Waals surface area (Å²) in [6, 6.07) is 0. The van der Waals surface area contributed by atoms with E-state index in [0.717, 1.165) is 30.2 Å². The fourth-order valence-electron chi connectivity index (χ4n) is 1.63. The Labute approximate surface area is 113 Å². The van der Waals surface area contributed by atoms with Crippen molar-refractivity contribution in [2.75, 3.05) is 36.9 Å². The van der Waals surface area contributed by atoms with Crippen LogP contribution in [0.15, 0.2) is 6.33 Å². The number of hydrogen-bond donors (Lipinski definition) is 3. The summed E-state index contributed by atoms with van der Waals surface area (Å²) in [5, 5.41) is 6.37. The summed E-state index contributed by atoms with van der Waals surface area (Å²) in [6.07, 6.45) is 2.34. The Morgan fingerprint density at radius 1 is 1.32 bits per heavy atom. The number of ether oxygens (including phenoxy) is 1. The highest BCUT2D eigenvalue weighted by Crippen LogP contribution is 2.19. The molecule has 1 amide bonds. The molecule has 0 atom stereocenters. The smallest absolute Gasteiger partial charge is 0.243 e. The molecule has 1 aromatic rings. The lowest BCUT2D eigenvalue weighted by Crippen LogP contribution is -2.21. The Bertz CT molecular complexity index is 411. The van der Waals surface area contributed by atoms with Gasteiger partial charge >= 0.3 is 0 Å². The molecule has 0 unspecified atom stereocenters. The first-order valence-corrected chi connectivity index (χ1v) is 6.36. The molecule has 19 heavy (non-hydrogen) atoms. The van der Waals surface area contributed by atoms with E-state index in [-0.39, 0.29) is 6.61 Å². The predicted molar refractivity (Wildman–Crippen MR) is 74.1 cm³/mol. The first-order valence-electron chi connectivity index (χ1n) is 6.36. The highest BCUT2D eigenvalue weighted by atomic mass is 16.5. The number of rotatable bonds is 9. The molecule has 0 saturated carbocycles. The fraction of sp³-hybridized carbons (Fsp3) is 0.583. The molecule has 0 saturated heterocycles. The van der Waals surface area contributed by atoms with Crippen LogP contribution < -0.4 is 16.4 Å². The first-order chi connectivity index (χ1) is 9.19. The van der Waals surface area contributed by atoms with E-state index in [0.29, 0.717) is 13.2 Å². The summed E-state index contributed by atoms with van der Waals surface area (Å²) in [4.78, 5) is 18.9. The minimum Gasteiger partial charge on any atom is -0.370 e. The van der Waals surface area contributed by atoms with Gasteiger partial charge in [0.05, 0.1) is 6.61 Å². The average Bonchev–Trinajstić information content (AvgIpc) is 2.38. The van der Waals surface area contributed by atoms with Crippen LogP contribution in [0.3, 0.4) is 0 Å². The number of amides is 1. The predicted octanol–water partition coefficient (Wildman–Crippen LogP) is 0.385. The molecular weight excluding hydrogens is 246 g/mol. The average molecular weight is 267 g/mol. The van der Waals surface area contributed by atoms with Crippen LogP contribution in [0.2, 0.25) is 0 Å². The van der Waals surface area contributed by atoms with Crippen molar-refractivity contribution in [3.8, 4) is 0 Å². The van der Waals surface area contributed by atoms with Crippen molar-refractivity contribution >= 4 is 17.5 Å². The van der Waals surface area contributed by atoms with Gasteiger partial charge in [-0.1, -0.05) is 6.92 Å². The molecule has 0 fully saturated rings. The lowest BCUT2D eigenvalue weighted by atomic mass is 10.2. The minimum absolute atomic E-state index is 0.0608. The number of aromatic nitrogens is 2. The van der Waals surface area contributed by atoms with E-state index in [2.05, 4.69) is 20.6 Å². The normalized spacial score (nSPS) is 10.2. The Morgan fingerprint density at radius 3 is 2.58 bits per heavy atom. The SMILES string of the molecule is CCNc1ncnc(NCCOCC(N)=O)c1CC. The monoisotopic (exact) mass is 267 g/mol. The van der Waals surface area contributed by atoms with Crippen LogP contribution in [0.4, 0.5) is 11.6 Å². The lowest BCUT2D eigenvalue weighted by Gasteiger charge is -2.13. The highest BCUT2D eigenvalue weighted by molar-refractivity contribution is 5.74. The summed E-state index contributed by atoms with van der Waals surface area (Å²) in [7, 11) is 0. The van der Waals surface area contributed by atoms with E-state index in [1.54, 1.807) is 0 Å². The molecule has 1 aromatic heterocycles. The zero-order chi connectivity index (χ0) is 14.1. The van der Waals surface area contributed by atoms with Crippen LogP contribution >= 0.6 is 0 Å². The third-order valence-corrected chi connectivity index (χ3v) is 2.43. The van der Waals surface area contributed by atoms with E-state index in [1.807, 2.05) is 13.8 Å². The molecule has 0 aromatic carbocycles. The second-order valence-corrected chi connectivity index (χ2v) is 3.88. The maximum atomic E-state index is 10.5. The van der Waals surface area contributed by atoms with E-state index in [4.69, 9.17) is 10.5 Å². The zero-order valence-corrected chi connectivity index (χ0v) is 11.4. The Kier molecular flexibility index (Phi) is 6.59. The van der Waals surface area contributed by atoms with E-state index >= 15 is 0 Å². The van der Waals surface area contributed by atoms with Crippen LogP contribution in [-0.2, 0) is 16.0 Å². The van der Waals surface area contributed by atoms with Gasteiger partial charge in [-0.3, -0.25) is 4.79 Å². The molecule has 0 spiro atoms. The van der Waals surface area contributed by atoms with Crippen molar-refractivity contribution in [1.82, 2.24) is 9.97 Å². The van der Waals surface area contributed by atoms with Crippen molar-refractivity contribution in [3.63, 3.8) is 0 Å². The van der Waals surface area contributed by atoms with Crippen molar-refractivity contribution in [2.24, 2.45) is 5.73 Å². The second kappa shape index (κ2) is 8.25. The highest BCUT2D eigenvalue weighted by Gasteiger charge is 2.08. The minimum atomic E-state index is -0.467.